The standard InChI is InChI=1S/C12H22N2O/c1-5-15-11-9-10(12(11,2)3)14(4)8-6-7-13/h10-11H,5-6,8-9H2,1-4H3/t10-,11+/m0/s1. The lowest BCUT2D eigenvalue weighted by Gasteiger charge is -2.55. The van der Waals surface area contributed by atoms with E-state index in [1.807, 2.05) is 6.92 Å². The Bertz CT molecular complexity index is 244. The van der Waals surface area contributed by atoms with Gasteiger partial charge in [-0.15, -0.1) is 0 Å². The van der Waals surface area contributed by atoms with Crippen molar-refractivity contribution < 1.29 is 4.74 Å². The zero-order valence-electron chi connectivity index (χ0n) is 10.3. The van der Waals surface area contributed by atoms with Crippen LogP contribution in [0.3, 0.4) is 0 Å². The third-order valence-electron chi connectivity index (χ3n) is 3.60. The topological polar surface area (TPSA) is 36.3 Å². The highest BCUT2D eigenvalue weighted by atomic mass is 16.5. The molecular formula is C12H22N2O. The number of nitriles is 1. The molecule has 0 aromatic rings. The summed E-state index contributed by atoms with van der Waals surface area (Å²) < 4.78 is 5.69. The molecule has 1 aliphatic rings. The van der Waals surface area contributed by atoms with Gasteiger partial charge in [0.2, 0.25) is 0 Å². The molecule has 0 unspecified atom stereocenters. The third kappa shape index (κ3) is 2.50. The van der Waals surface area contributed by atoms with Gasteiger partial charge in [-0.3, -0.25) is 0 Å². The molecule has 0 radical (unpaired) electrons. The quantitative estimate of drug-likeness (QED) is 0.696. The van der Waals surface area contributed by atoms with Gasteiger partial charge >= 0.3 is 0 Å². The molecular weight excluding hydrogens is 188 g/mol. The van der Waals surface area contributed by atoms with E-state index in [0.717, 1.165) is 19.6 Å². The summed E-state index contributed by atoms with van der Waals surface area (Å²) >= 11 is 0. The smallest absolute Gasteiger partial charge is 0.0655 e. The molecule has 0 spiro atoms. The Balaban J connectivity index is 2.43. The highest BCUT2D eigenvalue weighted by Gasteiger charge is 2.50. The first kappa shape index (κ1) is 12.5. The fourth-order valence-corrected chi connectivity index (χ4v) is 2.48. The van der Waals surface area contributed by atoms with Gasteiger partial charge in [-0.2, -0.15) is 5.26 Å². The second kappa shape index (κ2) is 4.96. The Morgan fingerprint density at radius 3 is 2.67 bits per heavy atom. The van der Waals surface area contributed by atoms with Gasteiger partial charge in [-0.1, -0.05) is 13.8 Å². The lowest BCUT2D eigenvalue weighted by Crippen LogP contribution is -2.61. The lowest BCUT2D eigenvalue weighted by molar-refractivity contribution is -0.144. The van der Waals surface area contributed by atoms with Crippen molar-refractivity contribution in [2.45, 2.75) is 45.8 Å². The van der Waals surface area contributed by atoms with Crippen LogP contribution in [0, 0.1) is 16.7 Å². The summed E-state index contributed by atoms with van der Waals surface area (Å²) in [6.07, 6.45) is 2.10. The first-order valence-electron chi connectivity index (χ1n) is 5.72. The summed E-state index contributed by atoms with van der Waals surface area (Å²) in [5.41, 5.74) is 0.222. The Hall–Kier alpha value is -0.590. The monoisotopic (exact) mass is 210 g/mol. The van der Waals surface area contributed by atoms with E-state index in [1.54, 1.807) is 0 Å². The molecule has 3 heteroatoms. The molecule has 0 aromatic carbocycles. The van der Waals surface area contributed by atoms with Crippen molar-refractivity contribution >= 4 is 0 Å². The minimum Gasteiger partial charge on any atom is -0.378 e. The number of hydrogen-bond acceptors (Lipinski definition) is 3. The molecule has 1 rings (SSSR count). The number of ether oxygens (including phenoxy) is 1. The summed E-state index contributed by atoms with van der Waals surface area (Å²) in [6, 6.07) is 2.75. The first-order valence-corrected chi connectivity index (χ1v) is 5.72. The van der Waals surface area contributed by atoms with Gasteiger partial charge in [-0.05, 0) is 20.4 Å². The van der Waals surface area contributed by atoms with Crippen LogP contribution in [0.2, 0.25) is 0 Å². The second-order valence-corrected chi connectivity index (χ2v) is 4.91. The molecule has 1 fully saturated rings. The Morgan fingerprint density at radius 1 is 1.53 bits per heavy atom. The minimum atomic E-state index is 0.222. The summed E-state index contributed by atoms with van der Waals surface area (Å²) in [7, 11) is 2.10. The normalized spacial score (nSPS) is 28.5. The number of hydrogen-bond donors (Lipinski definition) is 0. The maximum atomic E-state index is 8.55. The molecule has 0 heterocycles. The fourth-order valence-electron chi connectivity index (χ4n) is 2.48. The molecule has 0 amide bonds. The molecule has 0 N–H and O–H groups in total. The SMILES string of the molecule is CCO[C@@H]1C[C@H](N(C)CCC#N)C1(C)C. The minimum absolute atomic E-state index is 0.222. The molecule has 0 saturated heterocycles. The molecule has 2 atom stereocenters. The summed E-state index contributed by atoms with van der Waals surface area (Å²) in [5, 5.41) is 8.55. The van der Waals surface area contributed by atoms with Crippen molar-refractivity contribution in [2.75, 3.05) is 20.2 Å². The van der Waals surface area contributed by atoms with Gasteiger partial charge in [0.15, 0.2) is 0 Å². The van der Waals surface area contributed by atoms with Gasteiger partial charge in [0.05, 0.1) is 12.2 Å². The van der Waals surface area contributed by atoms with Crippen LogP contribution in [-0.2, 0) is 4.74 Å². The number of nitrogens with zero attached hydrogens (tertiary/aromatic N) is 2. The summed E-state index contributed by atoms with van der Waals surface area (Å²) in [5.74, 6) is 0. The predicted octanol–water partition coefficient (Wildman–Crippen LogP) is 2.04. The average molecular weight is 210 g/mol. The van der Waals surface area contributed by atoms with E-state index in [2.05, 4.69) is 31.9 Å². The van der Waals surface area contributed by atoms with Crippen molar-refractivity contribution in [3.05, 3.63) is 0 Å². The zero-order valence-corrected chi connectivity index (χ0v) is 10.3. The Morgan fingerprint density at radius 2 is 2.20 bits per heavy atom. The van der Waals surface area contributed by atoms with Crippen LogP contribution in [0.15, 0.2) is 0 Å². The van der Waals surface area contributed by atoms with Crippen LogP contribution < -0.4 is 0 Å². The van der Waals surface area contributed by atoms with E-state index in [0.29, 0.717) is 18.6 Å². The van der Waals surface area contributed by atoms with Crippen molar-refractivity contribution in [1.29, 1.82) is 5.26 Å². The predicted molar refractivity (Wildman–Crippen MR) is 60.5 cm³/mol. The molecule has 1 aliphatic carbocycles. The highest BCUT2D eigenvalue weighted by Crippen LogP contribution is 2.45. The van der Waals surface area contributed by atoms with Gasteiger partial charge in [0.25, 0.3) is 0 Å². The van der Waals surface area contributed by atoms with Crippen LogP contribution in [0.4, 0.5) is 0 Å². The second-order valence-electron chi connectivity index (χ2n) is 4.91. The van der Waals surface area contributed by atoms with Crippen molar-refractivity contribution in [3.63, 3.8) is 0 Å². The van der Waals surface area contributed by atoms with E-state index in [-0.39, 0.29) is 5.41 Å². The lowest BCUT2D eigenvalue weighted by atomic mass is 9.64. The van der Waals surface area contributed by atoms with E-state index < -0.39 is 0 Å². The zero-order chi connectivity index (χ0) is 11.5. The molecule has 0 bridgehead atoms. The Kier molecular flexibility index (Phi) is 4.12. The van der Waals surface area contributed by atoms with E-state index in [1.165, 1.54) is 0 Å². The van der Waals surface area contributed by atoms with Crippen LogP contribution in [0.5, 0.6) is 0 Å². The molecule has 86 valence electrons. The van der Waals surface area contributed by atoms with Gasteiger partial charge in [0, 0.05) is 31.0 Å². The van der Waals surface area contributed by atoms with Crippen LogP contribution >= 0.6 is 0 Å². The molecule has 0 aliphatic heterocycles. The van der Waals surface area contributed by atoms with E-state index >= 15 is 0 Å². The first-order chi connectivity index (χ1) is 7.04. The molecule has 0 aromatic heterocycles. The van der Waals surface area contributed by atoms with Crippen LogP contribution in [0.1, 0.15) is 33.6 Å². The average Bonchev–Trinajstić information content (AvgIpc) is 2.20. The van der Waals surface area contributed by atoms with Crippen LogP contribution in [-0.4, -0.2) is 37.2 Å². The fraction of sp³-hybridized carbons (Fsp3) is 0.917. The maximum absolute atomic E-state index is 8.55. The Labute approximate surface area is 93.0 Å². The van der Waals surface area contributed by atoms with Gasteiger partial charge < -0.3 is 9.64 Å². The van der Waals surface area contributed by atoms with Gasteiger partial charge in [0.1, 0.15) is 0 Å². The highest BCUT2D eigenvalue weighted by molar-refractivity contribution is 5.03. The van der Waals surface area contributed by atoms with Crippen LogP contribution in [0.25, 0.3) is 0 Å². The molecule has 15 heavy (non-hydrogen) atoms. The van der Waals surface area contributed by atoms with Crippen molar-refractivity contribution in [3.8, 4) is 6.07 Å². The summed E-state index contributed by atoms with van der Waals surface area (Å²) in [6.45, 7) is 8.21. The largest absolute Gasteiger partial charge is 0.378 e. The third-order valence-corrected chi connectivity index (χ3v) is 3.60. The van der Waals surface area contributed by atoms with Crippen molar-refractivity contribution in [1.82, 2.24) is 4.90 Å². The number of rotatable bonds is 5. The molecule has 3 nitrogen and oxygen atoms in total. The van der Waals surface area contributed by atoms with E-state index in [9.17, 15) is 0 Å². The molecule has 1 saturated carbocycles. The van der Waals surface area contributed by atoms with E-state index in [4.69, 9.17) is 10.00 Å². The van der Waals surface area contributed by atoms with Crippen molar-refractivity contribution in [2.24, 2.45) is 5.41 Å². The van der Waals surface area contributed by atoms with Gasteiger partial charge in [-0.25, -0.2) is 0 Å². The maximum Gasteiger partial charge on any atom is 0.0655 e. The summed E-state index contributed by atoms with van der Waals surface area (Å²) in [4.78, 5) is 2.29.